The number of carbonyl (C=O) groups excluding carboxylic acids is 1. The molecule has 0 aromatic carbocycles. The number of nitrogens with zero attached hydrogens (tertiary/aromatic N) is 1. The minimum absolute atomic E-state index is 0.290. The van der Waals surface area contributed by atoms with Gasteiger partial charge in [0.05, 0.1) is 18.8 Å². The lowest BCUT2D eigenvalue weighted by molar-refractivity contribution is -0.0679. The predicted molar refractivity (Wildman–Crippen MR) is 81.8 cm³/mol. The summed E-state index contributed by atoms with van der Waals surface area (Å²) in [6.07, 6.45) is 1.03. The molecule has 7 heteroatoms. The van der Waals surface area contributed by atoms with Crippen LogP contribution in [-0.4, -0.2) is 61.1 Å². The third kappa shape index (κ3) is 7.02. The highest BCUT2D eigenvalue weighted by molar-refractivity contribution is 7.80. The second kappa shape index (κ2) is 9.10. The lowest BCUT2D eigenvalue weighted by Gasteiger charge is -2.35. The van der Waals surface area contributed by atoms with Crippen molar-refractivity contribution in [3.05, 3.63) is 0 Å². The number of hydrogen-bond acceptors (Lipinski definition) is 5. The SMILES string of the molecule is CCOC(=O)NC(=S)NCCCN1C[C@@H](C)O[C@H](C)C1. The molecule has 20 heavy (non-hydrogen) atoms. The van der Waals surface area contributed by atoms with Crippen LogP contribution in [0.1, 0.15) is 27.2 Å². The molecule has 0 spiro atoms. The average molecular weight is 303 g/mol. The molecule has 0 radical (unpaired) electrons. The molecule has 1 aliphatic rings. The first-order valence-corrected chi connectivity index (χ1v) is 7.51. The van der Waals surface area contributed by atoms with E-state index in [0.717, 1.165) is 32.6 Å². The van der Waals surface area contributed by atoms with Crippen molar-refractivity contribution in [3.63, 3.8) is 0 Å². The number of amides is 1. The summed E-state index contributed by atoms with van der Waals surface area (Å²) in [4.78, 5) is 13.5. The number of nitrogens with one attached hydrogen (secondary N) is 2. The maximum absolute atomic E-state index is 11.1. The minimum Gasteiger partial charge on any atom is -0.450 e. The van der Waals surface area contributed by atoms with E-state index >= 15 is 0 Å². The van der Waals surface area contributed by atoms with E-state index in [1.807, 2.05) is 0 Å². The van der Waals surface area contributed by atoms with Gasteiger partial charge in [0.25, 0.3) is 0 Å². The Labute approximate surface area is 126 Å². The van der Waals surface area contributed by atoms with Gasteiger partial charge in [-0.1, -0.05) is 0 Å². The summed E-state index contributed by atoms with van der Waals surface area (Å²) in [5.74, 6) is 0. The Bertz CT molecular complexity index is 318. The molecule has 1 rings (SSSR count). The predicted octanol–water partition coefficient (Wildman–Crippen LogP) is 1.11. The number of carbonyl (C=O) groups is 1. The standard InChI is InChI=1S/C13H25N3O3S/c1-4-18-13(17)15-12(20)14-6-5-7-16-8-10(2)19-11(3)9-16/h10-11H,4-9H2,1-3H3,(H2,14,15,17,20)/t10-,11-/m1/s1. The average Bonchev–Trinajstić information content (AvgIpc) is 2.33. The third-order valence-corrected chi connectivity index (χ3v) is 3.17. The van der Waals surface area contributed by atoms with Gasteiger partial charge >= 0.3 is 6.09 Å². The molecule has 0 aromatic heterocycles. The number of ether oxygens (including phenoxy) is 2. The van der Waals surface area contributed by atoms with Gasteiger partial charge in [0.2, 0.25) is 0 Å². The lowest BCUT2D eigenvalue weighted by Crippen LogP contribution is -2.46. The Morgan fingerprint density at radius 2 is 2.05 bits per heavy atom. The first kappa shape index (κ1) is 17.1. The van der Waals surface area contributed by atoms with E-state index in [2.05, 4.69) is 29.4 Å². The Morgan fingerprint density at radius 3 is 2.65 bits per heavy atom. The Morgan fingerprint density at radius 1 is 1.40 bits per heavy atom. The van der Waals surface area contributed by atoms with Gasteiger partial charge in [-0.15, -0.1) is 0 Å². The van der Waals surface area contributed by atoms with Crippen molar-refractivity contribution in [2.45, 2.75) is 39.4 Å². The van der Waals surface area contributed by atoms with E-state index in [0.29, 0.717) is 23.9 Å². The highest BCUT2D eigenvalue weighted by Gasteiger charge is 2.21. The molecule has 2 N–H and O–H groups in total. The number of morpholine rings is 1. The molecule has 0 aromatic rings. The van der Waals surface area contributed by atoms with Crippen LogP contribution in [0.5, 0.6) is 0 Å². The van der Waals surface area contributed by atoms with Gasteiger partial charge in [0.15, 0.2) is 5.11 Å². The van der Waals surface area contributed by atoms with Gasteiger partial charge in [-0.3, -0.25) is 10.2 Å². The number of alkyl carbamates (subject to hydrolysis) is 1. The van der Waals surface area contributed by atoms with Crippen molar-refractivity contribution in [2.24, 2.45) is 0 Å². The van der Waals surface area contributed by atoms with E-state index in [-0.39, 0.29) is 0 Å². The van der Waals surface area contributed by atoms with Crippen LogP contribution in [0.4, 0.5) is 4.79 Å². The maximum atomic E-state index is 11.1. The fraction of sp³-hybridized carbons (Fsp3) is 0.846. The number of hydrogen-bond donors (Lipinski definition) is 2. The summed E-state index contributed by atoms with van der Waals surface area (Å²) in [5, 5.41) is 5.77. The molecule has 6 nitrogen and oxygen atoms in total. The second-order valence-electron chi connectivity index (χ2n) is 4.97. The molecule has 1 fully saturated rings. The highest BCUT2D eigenvalue weighted by Crippen LogP contribution is 2.10. The van der Waals surface area contributed by atoms with Crippen LogP contribution in [0.2, 0.25) is 0 Å². The normalized spacial score (nSPS) is 23.1. The van der Waals surface area contributed by atoms with Crippen LogP contribution < -0.4 is 10.6 Å². The zero-order chi connectivity index (χ0) is 15.0. The van der Waals surface area contributed by atoms with E-state index < -0.39 is 6.09 Å². The monoisotopic (exact) mass is 303 g/mol. The molecule has 0 saturated carbocycles. The summed E-state index contributed by atoms with van der Waals surface area (Å²) in [5.41, 5.74) is 0. The zero-order valence-electron chi connectivity index (χ0n) is 12.5. The van der Waals surface area contributed by atoms with Crippen LogP contribution in [0.15, 0.2) is 0 Å². The molecule has 1 saturated heterocycles. The Kier molecular flexibility index (Phi) is 7.79. The van der Waals surface area contributed by atoms with Gasteiger partial charge in [0.1, 0.15) is 0 Å². The van der Waals surface area contributed by atoms with Crippen molar-refractivity contribution in [1.82, 2.24) is 15.5 Å². The van der Waals surface area contributed by atoms with Gasteiger partial charge in [-0.25, -0.2) is 4.79 Å². The van der Waals surface area contributed by atoms with Crippen LogP contribution in [0.3, 0.4) is 0 Å². The first-order chi connectivity index (χ1) is 9.51. The molecule has 1 heterocycles. The molecule has 116 valence electrons. The Balaban J connectivity index is 2.09. The maximum Gasteiger partial charge on any atom is 0.413 e. The molecular formula is C13H25N3O3S. The van der Waals surface area contributed by atoms with E-state index in [4.69, 9.17) is 21.7 Å². The first-order valence-electron chi connectivity index (χ1n) is 7.10. The van der Waals surface area contributed by atoms with Crippen molar-refractivity contribution in [3.8, 4) is 0 Å². The van der Waals surface area contributed by atoms with Crippen LogP contribution in [0, 0.1) is 0 Å². The molecular weight excluding hydrogens is 278 g/mol. The van der Waals surface area contributed by atoms with Gasteiger partial charge < -0.3 is 14.8 Å². The Hall–Kier alpha value is -0.920. The fourth-order valence-corrected chi connectivity index (χ4v) is 2.46. The van der Waals surface area contributed by atoms with E-state index in [1.54, 1.807) is 6.92 Å². The number of rotatable bonds is 5. The number of thiocarbonyl (C=S) groups is 1. The molecule has 1 aliphatic heterocycles. The minimum atomic E-state index is -0.513. The quantitative estimate of drug-likeness (QED) is 0.586. The second-order valence-corrected chi connectivity index (χ2v) is 5.38. The van der Waals surface area contributed by atoms with Crippen LogP contribution >= 0.6 is 12.2 Å². The van der Waals surface area contributed by atoms with Crippen molar-refractivity contribution >= 4 is 23.4 Å². The summed E-state index contributed by atoms with van der Waals surface area (Å²) < 4.78 is 10.4. The topological polar surface area (TPSA) is 62.8 Å². The smallest absolute Gasteiger partial charge is 0.413 e. The van der Waals surface area contributed by atoms with Gasteiger partial charge in [-0.05, 0) is 39.4 Å². The summed E-state index contributed by atoms with van der Waals surface area (Å²) >= 11 is 5.00. The summed E-state index contributed by atoms with van der Waals surface area (Å²) in [6, 6.07) is 0. The molecule has 0 bridgehead atoms. The van der Waals surface area contributed by atoms with Crippen LogP contribution in [0.25, 0.3) is 0 Å². The van der Waals surface area contributed by atoms with E-state index in [9.17, 15) is 4.79 Å². The van der Waals surface area contributed by atoms with E-state index in [1.165, 1.54) is 0 Å². The van der Waals surface area contributed by atoms with Crippen molar-refractivity contribution in [1.29, 1.82) is 0 Å². The highest BCUT2D eigenvalue weighted by atomic mass is 32.1. The third-order valence-electron chi connectivity index (χ3n) is 2.92. The molecule has 2 atom stereocenters. The largest absolute Gasteiger partial charge is 0.450 e. The van der Waals surface area contributed by atoms with Crippen molar-refractivity contribution < 1.29 is 14.3 Å². The molecule has 1 amide bonds. The van der Waals surface area contributed by atoms with Gasteiger partial charge in [-0.2, -0.15) is 0 Å². The zero-order valence-corrected chi connectivity index (χ0v) is 13.3. The summed E-state index contributed by atoms with van der Waals surface area (Å²) in [7, 11) is 0. The van der Waals surface area contributed by atoms with Crippen molar-refractivity contribution in [2.75, 3.05) is 32.8 Å². The fourth-order valence-electron chi connectivity index (χ4n) is 2.28. The molecule has 0 unspecified atom stereocenters. The molecule has 0 aliphatic carbocycles. The summed E-state index contributed by atoms with van der Waals surface area (Å²) in [6.45, 7) is 9.94. The lowest BCUT2D eigenvalue weighted by atomic mass is 10.2. The van der Waals surface area contributed by atoms with Gasteiger partial charge in [0, 0.05) is 26.2 Å². The van der Waals surface area contributed by atoms with Crippen LogP contribution in [-0.2, 0) is 9.47 Å².